The molecule has 0 saturated heterocycles. The minimum Gasteiger partial charge on any atom is -0.463 e. The molecule has 0 aliphatic carbocycles. The summed E-state index contributed by atoms with van der Waals surface area (Å²) < 4.78 is 5.46. The topological polar surface area (TPSA) is 84.2 Å². The molecule has 0 fully saturated rings. The van der Waals surface area contributed by atoms with Crippen LogP contribution in [0.4, 0.5) is 5.69 Å². The van der Waals surface area contributed by atoms with Gasteiger partial charge >= 0.3 is 0 Å². The van der Waals surface area contributed by atoms with Crippen LogP contribution in [0.1, 0.15) is 41.5 Å². The van der Waals surface area contributed by atoms with Gasteiger partial charge in [0, 0.05) is 22.2 Å². The summed E-state index contributed by atoms with van der Waals surface area (Å²) in [6.07, 6.45) is 1.57. The lowest BCUT2D eigenvalue weighted by Crippen LogP contribution is -2.40. The molecule has 0 aliphatic rings. The van der Waals surface area contributed by atoms with Gasteiger partial charge in [0.05, 0.1) is 17.3 Å². The number of benzene rings is 2. The first-order valence-corrected chi connectivity index (χ1v) is 9.98. The number of hydrogen-bond donors (Lipinski definition) is 2. The van der Waals surface area contributed by atoms with Crippen molar-refractivity contribution in [2.75, 3.05) is 5.32 Å². The van der Waals surface area contributed by atoms with Crippen molar-refractivity contribution in [1.82, 2.24) is 10.3 Å². The Kier molecular flexibility index (Phi) is 5.29. The Hall–Kier alpha value is -3.93. The van der Waals surface area contributed by atoms with Crippen LogP contribution in [0.15, 0.2) is 77.4 Å². The van der Waals surface area contributed by atoms with Gasteiger partial charge in [-0.2, -0.15) is 0 Å². The molecule has 2 aromatic heterocycles. The van der Waals surface area contributed by atoms with Gasteiger partial charge in [-0.25, -0.2) is 4.98 Å². The number of carbonyl (C=O) groups is 2. The second-order valence-electron chi connectivity index (χ2n) is 8.29. The molecule has 2 amide bonds. The normalized spacial score (nSPS) is 11.3. The number of hydrogen-bond acceptors (Lipinski definition) is 4. The second kappa shape index (κ2) is 8.07. The number of pyridine rings is 1. The maximum atomic E-state index is 13.1. The van der Waals surface area contributed by atoms with Crippen molar-refractivity contribution in [2.24, 2.45) is 0 Å². The third-order valence-corrected chi connectivity index (χ3v) is 4.63. The number of nitrogens with one attached hydrogen (secondary N) is 2. The third-order valence-electron chi connectivity index (χ3n) is 4.63. The second-order valence-corrected chi connectivity index (χ2v) is 8.29. The van der Waals surface area contributed by atoms with Crippen molar-refractivity contribution in [3.63, 3.8) is 0 Å². The number of nitrogens with zero attached hydrogens (tertiary/aromatic N) is 1. The lowest BCUT2D eigenvalue weighted by atomic mass is 10.1. The Labute approximate surface area is 180 Å². The van der Waals surface area contributed by atoms with Crippen LogP contribution < -0.4 is 10.6 Å². The van der Waals surface area contributed by atoms with E-state index in [2.05, 4.69) is 15.6 Å². The summed E-state index contributed by atoms with van der Waals surface area (Å²) in [4.78, 5) is 30.0. The fraction of sp³-hybridized carbons (Fsp3) is 0.160. The highest BCUT2D eigenvalue weighted by Crippen LogP contribution is 2.26. The van der Waals surface area contributed by atoms with Crippen LogP contribution in [0.3, 0.4) is 0 Å². The first-order valence-electron chi connectivity index (χ1n) is 9.98. The van der Waals surface area contributed by atoms with Gasteiger partial charge < -0.3 is 15.1 Å². The van der Waals surface area contributed by atoms with E-state index in [1.165, 1.54) is 0 Å². The Morgan fingerprint density at radius 3 is 2.32 bits per heavy atom. The summed E-state index contributed by atoms with van der Waals surface area (Å²) in [6.45, 7) is 5.78. The predicted molar refractivity (Wildman–Crippen MR) is 121 cm³/mol. The Balaban J connectivity index is 1.61. The average molecular weight is 413 g/mol. The standard InChI is InChI=1S/C25H23N3O3/c1-25(2,3)28-23(29)16-10-12-17(13-11-16)26-24(30)19-15-21(22-9-6-14-31-22)27-20-8-5-4-7-18(19)20/h4-15H,1-3H3,(H,26,30)(H,28,29). The highest BCUT2D eigenvalue weighted by Gasteiger charge is 2.17. The molecule has 6 nitrogen and oxygen atoms in total. The Morgan fingerprint density at radius 2 is 1.65 bits per heavy atom. The van der Waals surface area contributed by atoms with Crippen molar-refractivity contribution in [3.05, 3.63) is 84.1 Å². The summed E-state index contributed by atoms with van der Waals surface area (Å²) >= 11 is 0. The third kappa shape index (κ3) is 4.64. The van der Waals surface area contributed by atoms with E-state index in [1.54, 1.807) is 48.7 Å². The van der Waals surface area contributed by atoms with Gasteiger partial charge in [0.15, 0.2) is 5.76 Å². The van der Waals surface area contributed by atoms with E-state index in [0.29, 0.717) is 33.8 Å². The number of amides is 2. The zero-order valence-corrected chi connectivity index (χ0v) is 17.6. The maximum Gasteiger partial charge on any atom is 0.256 e. The number of furan rings is 1. The van der Waals surface area contributed by atoms with E-state index in [9.17, 15) is 9.59 Å². The van der Waals surface area contributed by atoms with Gasteiger partial charge in [0.1, 0.15) is 5.69 Å². The quantitative estimate of drug-likeness (QED) is 0.477. The molecule has 4 aromatic rings. The van der Waals surface area contributed by atoms with Crippen LogP contribution in [-0.4, -0.2) is 22.3 Å². The summed E-state index contributed by atoms with van der Waals surface area (Å²) in [6, 6.07) is 19.6. The average Bonchev–Trinajstić information content (AvgIpc) is 3.27. The zero-order valence-electron chi connectivity index (χ0n) is 17.6. The van der Waals surface area contributed by atoms with E-state index < -0.39 is 0 Å². The molecule has 2 aromatic carbocycles. The fourth-order valence-corrected chi connectivity index (χ4v) is 3.23. The lowest BCUT2D eigenvalue weighted by Gasteiger charge is -2.20. The monoisotopic (exact) mass is 413 g/mol. The highest BCUT2D eigenvalue weighted by molar-refractivity contribution is 6.13. The van der Waals surface area contributed by atoms with Crippen LogP contribution in [0, 0.1) is 0 Å². The van der Waals surface area contributed by atoms with Gasteiger partial charge in [-0.1, -0.05) is 18.2 Å². The number of fused-ring (bicyclic) bond motifs is 1. The fourth-order valence-electron chi connectivity index (χ4n) is 3.23. The van der Waals surface area contributed by atoms with Crippen molar-refractivity contribution in [3.8, 4) is 11.5 Å². The van der Waals surface area contributed by atoms with Gasteiger partial charge in [0.2, 0.25) is 0 Å². The zero-order chi connectivity index (χ0) is 22.0. The Bertz CT molecular complexity index is 1240. The van der Waals surface area contributed by atoms with E-state index in [4.69, 9.17) is 4.42 Å². The first kappa shape index (κ1) is 20.3. The number of aromatic nitrogens is 1. The summed E-state index contributed by atoms with van der Waals surface area (Å²) in [7, 11) is 0. The molecule has 2 heterocycles. The van der Waals surface area contributed by atoms with Crippen LogP contribution in [0.5, 0.6) is 0 Å². The lowest BCUT2D eigenvalue weighted by molar-refractivity contribution is 0.0919. The smallest absolute Gasteiger partial charge is 0.256 e. The number of para-hydroxylation sites is 1. The summed E-state index contributed by atoms with van der Waals surface area (Å²) in [5, 5.41) is 6.57. The SMILES string of the molecule is CC(C)(C)NC(=O)c1ccc(NC(=O)c2cc(-c3ccco3)nc3ccccc23)cc1. The minimum atomic E-state index is -0.321. The molecule has 0 bridgehead atoms. The molecule has 0 spiro atoms. The highest BCUT2D eigenvalue weighted by atomic mass is 16.3. The Morgan fingerprint density at radius 1 is 0.903 bits per heavy atom. The molecular formula is C25H23N3O3. The largest absolute Gasteiger partial charge is 0.463 e. The molecule has 2 N–H and O–H groups in total. The molecule has 6 heteroatoms. The maximum absolute atomic E-state index is 13.1. The molecule has 0 radical (unpaired) electrons. The predicted octanol–water partition coefficient (Wildman–Crippen LogP) is 5.28. The van der Waals surface area contributed by atoms with Crippen molar-refractivity contribution < 1.29 is 14.0 Å². The van der Waals surface area contributed by atoms with Crippen LogP contribution >= 0.6 is 0 Å². The van der Waals surface area contributed by atoms with Gasteiger partial charge in [-0.15, -0.1) is 0 Å². The first-order chi connectivity index (χ1) is 14.8. The molecule has 0 atom stereocenters. The van der Waals surface area contributed by atoms with E-state index >= 15 is 0 Å². The molecular weight excluding hydrogens is 390 g/mol. The molecule has 31 heavy (non-hydrogen) atoms. The van der Waals surface area contributed by atoms with Crippen molar-refractivity contribution >= 4 is 28.4 Å². The summed E-state index contributed by atoms with van der Waals surface area (Å²) in [5.74, 6) is 0.168. The molecule has 156 valence electrons. The summed E-state index contributed by atoms with van der Waals surface area (Å²) in [5.41, 5.74) is 2.59. The molecule has 0 aliphatic heterocycles. The van der Waals surface area contributed by atoms with Gasteiger partial charge in [-0.3, -0.25) is 9.59 Å². The molecule has 0 saturated carbocycles. The van der Waals surface area contributed by atoms with Gasteiger partial charge in [-0.05, 0) is 69.3 Å². The number of carbonyl (C=O) groups excluding carboxylic acids is 2. The molecule has 0 unspecified atom stereocenters. The van der Waals surface area contributed by atoms with Crippen LogP contribution in [-0.2, 0) is 0 Å². The number of rotatable bonds is 4. The number of anilines is 1. The van der Waals surface area contributed by atoms with Crippen molar-refractivity contribution in [2.45, 2.75) is 26.3 Å². The van der Waals surface area contributed by atoms with Gasteiger partial charge in [0.25, 0.3) is 11.8 Å². The van der Waals surface area contributed by atoms with Crippen LogP contribution in [0.2, 0.25) is 0 Å². The molecule has 4 rings (SSSR count). The van der Waals surface area contributed by atoms with E-state index in [-0.39, 0.29) is 17.4 Å². The van der Waals surface area contributed by atoms with E-state index in [0.717, 1.165) is 5.39 Å². The van der Waals surface area contributed by atoms with Crippen molar-refractivity contribution in [1.29, 1.82) is 0 Å². The van der Waals surface area contributed by atoms with E-state index in [1.807, 2.05) is 45.0 Å². The van der Waals surface area contributed by atoms with Crippen LogP contribution in [0.25, 0.3) is 22.4 Å². The minimum absolute atomic E-state index is 0.159.